The summed E-state index contributed by atoms with van der Waals surface area (Å²) < 4.78 is 5.63. The van der Waals surface area contributed by atoms with Crippen LogP contribution in [0.3, 0.4) is 0 Å². The molecule has 21 heavy (non-hydrogen) atoms. The molecule has 0 aromatic heterocycles. The molecule has 0 saturated heterocycles. The van der Waals surface area contributed by atoms with Gasteiger partial charge in [-0.25, -0.2) is 0 Å². The molecular formula is C18H26O2Si. The summed E-state index contributed by atoms with van der Waals surface area (Å²) in [5, 5.41) is 1.09. The summed E-state index contributed by atoms with van der Waals surface area (Å²) in [5.74, 6) is -0.220. The third kappa shape index (κ3) is 6.13. The Labute approximate surface area is 129 Å². The zero-order valence-electron chi connectivity index (χ0n) is 13.4. The van der Waals surface area contributed by atoms with E-state index in [2.05, 4.69) is 44.9 Å². The van der Waals surface area contributed by atoms with Crippen molar-refractivity contribution < 1.29 is 9.53 Å². The van der Waals surface area contributed by atoms with Crippen molar-refractivity contribution in [3.05, 3.63) is 60.3 Å². The van der Waals surface area contributed by atoms with Crippen LogP contribution in [0.5, 0.6) is 0 Å². The molecule has 0 aliphatic heterocycles. The SMILES string of the molecule is C=CCC(=O)OC(CCc1ccccc1)C(=C)[Si](C)(C)C. The van der Waals surface area contributed by atoms with Crippen molar-refractivity contribution in [3.8, 4) is 0 Å². The van der Waals surface area contributed by atoms with Crippen molar-refractivity contribution in [2.75, 3.05) is 0 Å². The van der Waals surface area contributed by atoms with E-state index in [1.165, 1.54) is 5.56 Å². The number of hydrogen-bond acceptors (Lipinski definition) is 2. The summed E-state index contributed by atoms with van der Waals surface area (Å²) >= 11 is 0. The van der Waals surface area contributed by atoms with Gasteiger partial charge in [0.1, 0.15) is 6.10 Å². The average molecular weight is 302 g/mol. The number of rotatable bonds is 8. The lowest BCUT2D eigenvalue weighted by Gasteiger charge is -2.28. The normalized spacial score (nSPS) is 12.5. The van der Waals surface area contributed by atoms with E-state index < -0.39 is 8.07 Å². The average Bonchev–Trinajstić information content (AvgIpc) is 2.43. The maximum Gasteiger partial charge on any atom is 0.310 e. The van der Waals surface area contributed by atoms with Gasteiger partial charge < -0.3 is 4.74 Å². The maximum absolute atomic E-state index is 11.8. The second-order valence-electron chi connectivity index (χ2n) is 6.27. The zero-order valence-corrected chi connectivity index (χ0v) is 14.4. The third-order valence-electron chi connectivity index (χ3n) is 3.47. The van der Waals surface area contributed by atoms with E-state index in [0.717, 1.165) is 18.0 Å². The molecule has 1 aromatic carbocycles. The minimum absolute atomic E-state index is 0.190. The van der Waals surface area contributed by atoms with Gasteiger partial charge in [-0.1, -0.05) is 56.0 Å². The number of esters is 1. The molecule has 0 aliphatic carbocycles. The van der Waals surface area contributed by atoms with Crippen molar-refractivity contribution in [2.24, 2.45) is 0 Å². The first-order valence-corrected chi connectivity index (χ1v) is 10.9. The number of aryl methyl sites for hydroxylation is 1. The van der Waals surface area contributed by atoms with Crippen molar-refractivity contribution >= 4 is 14.0 Å². The van der Waals surface area contributed by atoms with E-state index in [0.29, 0.717) is 0 Å². The molecule has 114 valence electrons. The summed E-state index contributed by atoms with van der Waals surface area (Å²) in [6.45, 7) is 14.5. The van der Waals surface area contributed by atoms with E-state index in [9.17, 15) is 4.79 Å². The van der Waals surface area contributed by atoms with Crippen LogP contribution in [0.1, 0.15) is 18.4 Å². The van der Waals surface area contributed by atoms with Gasteiger partial charge in [0.25, 0.3) is 0 Å². The summed E-state index contributed by atoms with van der Waals surface area (Å²) in [7, 11) is -1.55. The van der Waals surface area contributed by atoms with Crippen LogP contribution in [0.15, 0.2) is 54.8 Å². The van der Waals surface area contributed by atoms with Crippen LogP contribution in [-0.2, 0) is 16.0 Å². The molecule has 0 heterocycles. The Balaban J connectivity index is 2.74. The Morgan fingerprint density at radius 3 is 2.43 bits per heavy atom. The fourth-order valence-electron chi connectivity index (χ4n) is 2.05. The van der Waals surface area contributed by atoms with E-state index in [4.69, 9.17) is 4.74 Å². The van der Waals surface area contributed by atoms with Gasteiger partial charge in [-0.3, -0.25) is 4.79 Å². The van der Waals surface area contributed by atoms with E-state index in [-0.39, 0.29) is 18.5 Å². The second kappa shape index (κ2) is 7.98. The van der Waals surface area contributed by atoms with Crippen molar-refractivity contribution in [2.45, 2.75) is 45.0 Å². The Kier molecular flexibility index (Phi) is 6.63. The Morgan fingerprint density at radius 2 is 1.90 bits per heavy atom. The highest BCUT2D eigenvalue weighted by molar-refractivity contribution is 6.83. The lowest BCUT2D eigenvalue weighted by atomic mass is 10.1. The predicted molar refractivity (Wildman–Crippen MR) is 91.9 cm³/mol. The van der Waals surface area contributed by atoms with Crippen molar-refractivity contribution in [1.29, 1.82) is 0 Å². The van der Waals surface area contributed by atoms with Gasteiger partial charge in [0.2, 0.25) is 0 Å². The lowest BCUT2D eigenvalue weighted by molar-refractivity contribution is -0.146. The van der Waals surface area contributed by atoms with Gasteiger partial charge in [0.15, 0.2) is 0 Å². The molecule has 1 aromatic rings. The van der Waals surface area contributed by atoms with Crippen molar-refractivity contribution in [1.82, 2.24) is 0 Å². The highest BCUT2D eigenvalue weighted by Crippen LogP contribution is 2.23. The quantitative estimate of drug-likeness (QED) is 0.400. The van der Waals surface area contributed by atoms with Gasteiger partial charge in [-0.05, 0) is 23.6 Å². The molecule has 0 bridgehead atoms. The molecule has 0 amide bonds. The number of ether oxygens (including phenoxy) is 1. The van der Waals surface area contributed by atoms with Gasteiger partial charge in [0, 0.05) is 0 Å². The van der Waals surface area contributed by atoms with Gasteiger partial charge >= 0.3 is 5.97 Å². The zero-order chi connectivity index (χ0) is 15.9. The van der Waals surface area contributed by atoms with Crippen molar-refractivity contribution in [3.63, 3.8) is 0 Å². The van der Waals surface area contributed by atoms with E-state index >= 15 is 0 Å². The fraction of sp³-hybridized carbons (Fsp3) is 0.389. The molecule has 3 heteroatoms. The molecule has 0 spiro atoms. The fourth-order valence-corrected chi connectivity index (χ4v) is 3.22. The first-order valence-electron chi connectivity index (χ1n) is 7.38. The van der Waals surface area contributed by atoms with Gasteiger partial charge in [0.05, 0.1) is 14.5 Å². The lowest BCUT2D eigenvalue weighted by Crippen LogP contribution is -2.34. The molecule has 0 radical (unpaired) electrons. The van der Waals surface area contributed by atoms with Crippen LogP contribution in [0.2, 0.25) is 19.6 Å². The molecule has 0 aliphatic rings. The largest absolute Gasteiger partial charge is 0.458 e. The summed E-state index contributed by atoms with van der Waals surface area (Å²) in [6.07, 6.45) is 3.31. The number of benzene rings is 1. The molecule has 0 saturated carbocycles. The minimum Gasteiger partial charge on any atom is -0.458 e. The molecule has 0 fully saturated rings. The van der Waals surface area contributed by atoms with Crippen LogP contribution >= 0.6 is 0 Å². The maximum atomic E-state index is 11.8. The van der Waals surface area contributed by atoms with Crippen LogP contribution in [0, 0.1) is 0 Å². The Hall–Kier alpha value is -1.61. The summed E-state index contributed by atoms with van der Waals surface area (Å²) in [5.41, 5.74) is 1.26. The van der Waals surface area contributed by atoms with Crippen LogP contribution in [0.4, 0.5) is 0 Å². The smallest absolute Gasteiger partial charge is 0.310 e. The molecule has 1 rings (SSSR count). The van der Waals surface area contributed by atoms with E-state index in [1.54, 1.807) is 6.08 Å². The number of hydrogen-bond donors (Lipinski definition) is 0. The highest BCUT2D eigenvalue weighted by atomic mass is 28.3. The number of carbonyl (C=O) groups excluding carboxylic acids is 1. The molecular weight excluding hydrogens is 276 g/mol. The van der Waals surface area contributed by atoms with Gasteiger partial charge in [-0.2, -0.15) is 0 Å². The molecule has 1 atom stereocenters. The van der Waals surface area contributed by atoms with Crippen LogP contribution in [0.25, 0.3) is 0 Å². The predicted octanol–water partition coefficient (Wildman–Crippen LogP) is 4.54. The Bertz CT molecular complexity index is 486. The first-order chi connectivity index (χ1) is 9.84. The molecule has 2 nitrogen and oxygen atoms in total. The standard InChI is InChI=1S/C18H26O2Si/c1-6-10-18(19)20-17(15(2)21(3,4)5)14-13-16-11-8-7-9-12-16/h6-9,11-12,17H,1-2,10,13-14H2,3-5H3. The summed E-state index contributed by atoms with van der Waals surface area (Å²) in [6, 6.07) is 10.3. The highest BCUT2D eigenvalue weighted by Gasteiger charge is 2.27. The summed E-state index contributed by atoms with van der Waals surface area (Å²) in [4.78, 5) is 11.8. The van der Waals surface area contributed by atoms with Crippen LogP contribution < -0.4 is 0 Å². The molecule has 1 unspecified atom stereocenters. The van der Waals surface area contributed by atoms with E-state index in [1.807, 2.05) is 18.2 Å². The first kappa shape index (κ1) is 17.4. The second-order valence-corrected chi connectivity index (χ2v) is 11.4. The Morgan fingerprint density at radius 1 is 1.29 bits per heavy atom. The molecule has 0 N–H and O–H groups in total. The van der Waals surface area contributed by atoms with Crippen LogP contribution in [-0.4, -0.2) is 20.1 Å². The topological polar surface area (TPSA) is 26.3 Å². The monoisotopic (exact) mass is 302 g/mol. The minimum atomic E-state index is -1.55. The number of carbonyl (C=O) groups is 1. The van der Waals surface area contributed by atoms with Gasteiger partial charge in [-0.15, -0.1) is 13.2 Å². The third-order valence-corrected chi connectivity index (χ3v) is 5.72.